The van der Waals surface area contributed by atoms with Crippen molar-refractivity contribution in [2.75, 3.05) is 46.5 Å². The molecule has 0 unspecified atom stereocenters. The molecule has 2 atom stereocenters. The van der Waals surface area contributed by atoms with Gasteiger partial charge in [0.1, 0.15) is 6.61 Å². The van der Waals surface area contributed by atoms with Gasteiger partial charge in [0.25, 0.3) is 0 Å². The first-order chi connectivity index (χ1) is 18.6. The average Bonchev–Trinajstić information content (AvgIpc) is 3.42. The van der Waals surface area contributed by atoms with E-state index < -0.39 is 6.10 Å². The SMILES string of the molecule is CCCN(CC(=O)N1CCc2sccc2[C@@H]1COc1ccccc1OC)C[C@H](O)COCc1ccccc1. The largest absolute Gasteiger partial charge is 0.493 e. The number of nitrogens with zero attached hydrogens (tertiary/aromatic N) is 2. The van der Waals surface area contributed by atoms with E-state index in [1.54, 1.807) is 18.4 Å². The van der Waals surface area contributed by atoms with E-state index in [9.17, 15) is 9.90 Å². The van der Waals surface area contributed by atoms with Crippen LogP contribution in [0.25, 0.3) is 0 Å². The summed E-state index contributed by atoms with van der Waals surface area (Å²) in [5.41, 5.74) is 2.22. The fourth-order valence-corrected chi connectivity index (χ4v) is 5.78. The van der Waals surface area contributed by atoms with Crippen LogP contribution in [0.4, 0.5) is 0 Å². The zero-order valence-electron chi connectivity index (χ0n) is 22.3. The van der Waals surface area contributed by atoms with Crippen molar-refractivity contribution >= 4 is 17.2 Å². The fraction of sp³-hybridized carbons (Fsp3) is 0.433. The molecule has 0 saturated carbocycles. The van der Waals surface area contributed by atoms with Crippen molar-refractivity contribution < 1.29 is 24.1 Å². The van der Waals surface area contributed by atoms with Crippen molar-refractivity contribution in [3.05, 3.63) is 82.0 Å². The minimum absolute atomic E-state index is 0.0429. The van der Waals surface area contributed by atoms with Crippen LogP contribution in [0.15, 0.2) is 66.0 Å². The minimum atomic E-state index is -0.674. The first-order valence-corrected chi connectivity index (χ1v) is 14.1. The summed E-state index contributed by atoms with van der Waals surface area (Å²) in [5.74, 6) is 1.38. The third kappa shape index (κ3) is 7.57. The molecule has 0 bridgehead atoms. The number of methoxy groups -OCH3 is 1. The quantitative estimate of drug-likeness (QED) is 0.325. The Morgan fingerprint density at radius 2 is 1.89 bits per heavy atom. The molecule has 0 fully saturated rings. The van der Waals surface area contributed by atoms with Crippen molar-refractivity contribution in [1.82, 2.24) is 9.80 Å². The van der Waals surface area contributed by atoms with E-state index in [-0.39, 0.29) is 25.1 Å². The van der Waals surface area contributed by atoms with Gasteiger partial charge in [0.05, 0.1) is 39.0 Å². The topological polar surface area (TPSA) is 71.5 Å². The van der Waals surface area contributed by atoms with Gasteiger partial charge in [-0.2, -0.15) is 0 Å². The molecule has 1 aliphatic heterocycles. The van der Waals surface area contributed by atoms with Gasteiger partial charge >= 0.3 is 0 Å². The number of rotatable bonds is 14. The van der Waals surface area contributed by atoms with Crippen LogP contribution in [-0.4, -0.2) is 73.4 Å². The zero-order chi connectivity index (χ0) is 26.7. The summed E-state index contributed by atoms with van der Waals surface area (Å²) < 4.78 is 17.4. The fourth-order valence-electron chi connectivity index (χ4n) is 4.85. The standard InChI is InChI=1S/C30H38N2O5S/c1-3-15-31(18-24(33)21-36-20-23-9-5-4-6-10-23)19-30(34)32-16-13-29-25(14-17-38-29)26(32)22-37-28-12-8-7-11-27(28)35-2/h4-12,14,17,24,26,33H,3,13,15-16,18-22H2,1-2H3/t24-,26-/m0/s1. The lowest BCUT2D eigenvalue weighted by atomic mass is 10.0. The zero-order valence-corrected chi connectivity index (χ0v) is 23.1. The Bertz CT molecular complexity index is 1140. The highest BCUT2D eigenvalue weighted by Gasteiger charge is 2.33. The van der Waals surface area contributed by atoms with E-state index >= 15 is 0 Å². The van der Waals surface area contributed by atoms with Gasteiger partial charge in [0, 0.05) is 18.0 Å². The third-order valence-corrected chi connectivity index (χ3v) is 7.67. The van der Waals surface area contributed by atoms with Crippen molar-refractivity contribution in [2.24, 2.45) is 0 Å². The van der Waals surface area contributed by atoms with E-state index in [0.29, 0.717) is 37.8 Å². The number of carbonyl (C=O) groups is 1. The number of aliphatic hydroxyl groups is 1. The van der Waals surface area contributed by atoms with Crippen LogP contribution in [0.5, 0.6) is 11.5 Å². The predicted molar refractivity (Wildman–Crippen MR) is 150 cm³/mol. The number of thiophene rings is 1. The molecule has 3 aromatic rings. The van der Waals surface area contributed by atoms with Crippen LogP contribution in [0.2, 0.25) is 0 Å². The average molecular weight is 539 g/mol. The highest BCUT2D eigenvalue weighted by atomic mass is 32.1. The molecule has 1 amide bonds. The van der Waals surface area contributed by atoms with Crippen LogP contribution in [0, 0.1) is 0 Å². The van der Waals surface area contributed by atoms with Gasteiger partial charge in [-0.1, -0.05) is 49.4 Å². The van der Waals surface area contributed by atoms with Crippen LogP contribution >= 0.6 is 11.3 Å². The summed E-state index contributed by atoms with van der Waals surface area (Å²) in [6.07, 6.45) is 1.06. The van der Waals surface area contributed by atoms with Crippen molar-refractivity contribution in [3.63, 3.8) is 0 Å². The highest BCUT2D eigenvalue weighted by Crippen LogP contribution is 2.35. The normalized spacial score (nSPS) is 15.8. The van der Waals surface area contributed by atoms with Gasteiger partial charge in [-0.05, 0) is 54.1 Å². The summed E-state index contributed by atoms with van der Waals surface area (Å²) in [7, 11) is 1.62. The predicted octanol–water partition coefficient (Wildman–Crippen LogP) is 4.55. The van der Waals surface area contributed by atoms with Gasteiger partial charge in [-0.25, -0.2) is 0 Å². The Morgan fingerprint density at radius 1 is 1.13 bits per heavy atom. The van der Waals surface area contributed by atoms with Gasteiger partial charge < -0.3 is 24.2 Å². The number of amides is 1. The Labute approximate surface area is 229 Å². The molecule has 1 aromatic heterocycles. The lowest BCUT2D eigenvalue weighted by Gasteiger charge is -2.37. The van der Waals surface area contributed by atoms with Crippen LogP contribution in [0.3, 0.4) is 0 Å². The first-order valence-electron chi connectivity index (χ1n) is 13.2. The molecule has 0 aliphatic carbocycles. The maximum atomic E-state index is 13.6. The molecule has 2 aromatic carbocycles. The molecule has 8 heteroatoms. The highest BCUT2D eigenvalue weighted by molar-refractivity contribution is 7.10. The number of carbonyl (C=O) groups excluding carboxylic acids is 1. The van der Waals surface area contributed by atoms with Crippen LogP contribution in [-0.2, 0) is 22.6 Å². The summed E-state index contributed by atoms with van der Waals surface area (Å²) in [4.78, 5) is 18.9. The second-order valence-electron chi connectivity index (χ2n) is 9.50. The van der Waals surface area contributed by atoms with Crippen LogP contribution < -0.4 is 9.47 Å². The molecule has 7 nitrogen and oxygen atoms in total. The van der Waals surface area contributed by atoms with E-state index in [1.165, 1.54) is 4.88 Å². The van der Waals surface area contributed by atoms with Gasteiger partial charge in [0.2, 0.25) is 5.91 Å². The first kappa shape index (κ1) is 28.1. The number of benzene rings is 2. The second-order valence-corrected chi connectivity index (χ2v) is 10.5. The van der Waals surface area contributed by atoms with E-state index in [0.717, 1.165) is 30.5 Å². The molecule has 1 aliphatic rings. The molecule has 1 N–H and O–H groups in total. The molecule has 0 radical (unpaired) electrons. The van der Waals surface area contributed by atoms with Crippen LogP contribution in [0.1, 0.15) is 35.4 Å². The Kier molecular flexibility index (Phi) is 10.6. The number of para-hydroxylation sites is 2. The number of fused-ring (bicyclic) bond motifs is 1. The lowest BCUT2D eigenvalue weighted by Crippen LogP contribution is -2.48. The van der Waals surface area contributed by atoms with Gasteiger partial charge in [0.15, 0.2) is 11.5 Å². The summed E-state index contributed by atoms with van der Waals surface area (Å²) in [6.45, 7) is 5.10. The number of aliphatic hydroxyl groups excluding tert-OH is 1. The second kappa shape index (κ2) is 14.3. The van der Waals surface area contributed by atoms with E-state index in [2.05, 4.69) is 18.4 Å². The van der Waals surface area contributed by atoms with Gasteiger partial charge in [-0.15, -0.1) is 11.3 Å². The monoisotopic (exact) mass is 538 g/mol. The Balaban J connectivity index is 1.37. The molecule has 38 heavy (non-hydrogen) atoms. The lowest BCUT2D eigenvalue weighted by molar-refractivity contribution is -0.136. The molecule has 0 saturated heterocycles. The maximum Gasteiger partial charge on any atom is 0.237 e. The third-order valence-electron chi connectivity index (χ3n) is 6.67. The van der Waals surface area contributed by atoms with Crippen molar-refractivity contribution in [3.8, 4) is 11.5 Å². The molecular formula is C30H38N2O5S. The van der Waals surface area contributed by atoms with Crippen molar-refractivity contribution in [2.45, 2.75) is 38.5 Å². The summed E-state index contributed by atoms with van der Waals surface area (Å²) >= 11 is 1.73. The Hall–Kier alpha value is -2.91. The summed E-state index contributed by atoms with van der Waals surface area (Å²) in [6, 6.07) is 19.4. The number of ether oxygens (including phenoxy) is 3. The molecule has 4 rings (SSSR count). The molecule has 0 spiro atoms. The summed E-state index contributed by atoms with van der Waals surface area (Å²) in [5, 5.41) is 12.7. The van der Waals surface area contributed by atoms with E-state index in [1.807, 2.05) is 64.4 Å². The minimum Gasteiger partial charge on any atom is -0.493 e. The van der Waals surface area contributed by atoms with Gasteiger partial charge in [-0.3, -0.25) is 9.69 Å². The van der Waals surface area contributed by atoms with E-state index in [4.69, 9.17) is 14.2 Å². The number of hydrogen-bond acceptors (Lipinski definition) is 7. The Morgan fingerprint density at radius 3 is 2.66 bits per heavy atom. The molecule has 204 valence electrons. The smallest absolute Gasteiger partial charge is 0.237 e. The number of hydrogen-bond donors (Lipinski definition) is 1. The maximum absolute atomic E-state index is 13.6. The molecular weight excluding hydrogens is 500 g/mol. The van der Waals surface area contributed by atoms with Crippen molar-refractivity contribution in [1.29, 1.82) is 0 Å². The molecule has 2 heterocycles.